The molecule has 0 spiro atoms. The summed E-state index contributed by atoms with van der Waals surface area (Å²) in [7, 11) is 0. The minimum atomic E-state index is 0.415. The highest BCUT2D eigenvalue weighted by molar-refractivity contribution is 5.88. The fourth-order valence-corrected chi connectivity index (χ4v) is 13.1. The van der Waals surface area contributed by atoms with Crippen molar-refractivity contribution in [1.82, 2.24) is 15.0 Å². The Hall–Kier alpha value is -5.67. The maximum atomic E-state index is 5.08. The zero-order chi connectivity index (χ0) is 36.8. The van der Waals surface area contributed by atoms with E-state index in [4.69, 9.17) is 15.0 Å². The van der Waals surface area contributed by atoms with Crippen LogP contribution in [0.15, 0.2) is 158 Å². The van der Waals surface area contributed by atoms with E-state index < -0.39 is 0 Å². The van der Waals surface area contributed by atoms with E-state index in [9.17, 15) is 0 Å². The molecular weight excluding hydrogens is 679 g/mol. The number of nitrogens with zero attached hydrogens (tertiary/aromatic N) is 3. The van der Waals surface area contributed by atoms with Crippen molar-refractivity contribution in [2.75, 3.05) is 0 Å². The minimum Gasteiger partial charge on any atom is -0.208 e. The summed E-state index contributed by atoms with van der Waals surface area (Å²) < 4.78 is 0. The highest BCUT2D eigenvalue weighted by Gasteiger charge is 2.70. The van der Waals surface area contributed by atoms with Gasteiger partial charge in [-0.05, 0) is 131 Å². The van der Waals surface area contributed by atoms with Gasteiger partial charge in [0.1, 0.15) is 0 Å². The Morgan fingerprint density at radius 3 is 1.50 bits per heavy atom. The number of aromatic nitrogens is 3. The first-order valence-electron chi connectivity index (χ1n) is 21.0. The summed E-state index contributed by atoms with van der Waals surface area (Å²) in [5.74, 6) is 8.79. The highest BCUT2D eigenvalue weighted by atomic mass is 15.0. The lowest BCUT2D eigenvalue weighted by Crippen LogP contribution is -2.69. The van der Waals surface area contributed by atoms with Crippen molar-refractivity contribution in [3.63, 3.8) is 0 Å². The summed E-state index contributed by atoms with van der Waals surface area (Å²) in [6, 6.07) is 57.0. The second-order valence-corrected chi connectivity index (χ2v) is 17.7. The third kappa shape index (κ3) is 5.06. The average molecular weight is 724 g/mol. The molecule has 4 atom stereocenters. The van der Waals surface area contributed by atoms with Crippen LogP contribution in [0, 0.1) is 41.4 Å². The third-order valence-electron chi connectivity index (χ3n) is 15.1. The highest BCUT2D eigenvalue weighted by Crippen LogP contribution is 2.76. The summed E-state index contributed by atoms with van der Waals surface area (Å²) >= 11 is 0. The molecular formula is C53H45N3. The molecule has 3 heteroatoms. The maximum absolute atomic E-state index is 5.08. The summed E-state index contributed by atoms with van der Waals surface area (Å²) in [6.45, 7) is 0. The molecule has 0 amide bonds. The Labute approximate surface area is 330 Å². The number of hydrogen-bond donors (Lipinski definition) is 0. The van der Waals surface area contributed by atoms with Crippen LogP contribution >= 0.6 is 0 Å². The van der Waals surface area contributed by atoms with Crippen LogP contribution in [-0.4, -0.2) is 15.0 Å². The van der Waals surface area contributed by atoms with Gasteiger partial charge in [0, 0.05) is 22.1 Å². The van der Waals surface area contributed by atoms with E-state index in [1.807, 2.05) is 36.4 Å². The van der Waals surface area contributed by atoms with Crippen molar-refractivity contribution < 1.29 is 0 Å². The zero-order valence-corrected chi connectivity index (χ0v) is 31.6. The van der Waals surface area contributed by atoms with Gasteiger partial charge >= 0.3 is 0 Å². The van der Waals surface area contributed by atoms with Crippen LogP contribution in [0.4, 0.5) is 0 Å². The molecule has 7 fully saturated rings. The van der Waals surface area contributed by atoms with Gasteiger partial charge in [0.15, 0.2) is 17.5 Å². The Kier molecular flexibility index (Phi) is 7.37. The predicted octanol–water partition coefficient (Wildman–Crippen LogP) is 12.8. The number of rotatable bonds is 7. The molecule has 7 saturated carbocycles. The fraction of sp³-hybridized carbons (Fsp3) is 0.264. The van der Waals surface area contributed by atoms with Gasteiger partial charge in [0.25, 0.3) is 0 Å². The smallest absolute Gasteiger partial charge is 0.164 e. The lowest BCUT2D eigenvalue weighted by Gasteiger charge is -2.74. The van der Waals surface area contributed by atoms with Gasteiger partial charge in [-0.2, -0.15) is 0 Å². The standard InChI is InChI=1S/C53H45N3/c1-4-11-35(12-5-1)39-21-24-43(36-19-22-42(23-20-36)53-32-34-26-46-45-25-33(28-48(46)53)29-49(53)47(45)27-34)44(31-39)40-17-10-18-41(30-40)52-55-50(37-13-6-2-7-14-37)54-51(56-52)38-15-8-3-9-16-38/h1-24,30-31,33-34,45-49H,25-29,32H2. The van der Waals surface area contributed by atoms with Gasteiger partial charge in [0.05, 0.1) is 0 Å². The van der Waals surface area contributed by atoms with E-state index in [0.717, 1.165) is 63.7 Å². The summed E-state index contributed by atoms with van der Waals surface area (Å²) in [4.78, 5) is 15.1. The Bertz CT molecular complexity index is 2500. The molecule has 0 saturated heterocycles. The summed E-state index contributed by atoms with van der Waals surface area (Å²) in [5, 5.41) is 0. The van der Waals surface area contributed by atoms with E-state index in [0.29, 0.717) is 22.9 Å². The molecule has 0 N–H and O–H groups in total. The van der Waals surface area contributed by atoms with Crippen LogP contribution in [0.25, 0.3) is 67.5 Å². The Morgan fingerprint density at radius 2 is 0.875 bits per heavy atom. The van der Waals surface area contributed by atoms with Crippen LogP contribution in [0.3, 0.4) is 0 Å². The first-order valence-corrected chi connectivity index (χ1v) is 21.0. The maximum Gasteiger partial charge on any atom is 0.164 e. The molecule has 7 aliphatic carbocycles. The molecule has 4 unspecified atom stereocenters. The summed E-state index contributed by atoms with van der Waals surface area (Å²) in [5.41, 5.74) is 12.3. The van der Waals surface area contributed by atoms with Crippen molar-refractivity contribution in [3.8, 4) is 67.5 Å². The molecule has 7 aromatic rings. The van der Waals surface area contributed by atoms with E-state index in [-0.39, 0.29) is 0 Å². The number of hydrogen-bond acceptors (Lipinski definition) is 3. The Balaban J connectivity index is 0.965. The second-order valence-electron chi connectivity index (χ2n) is 17.7. The van der Waals surface area contributed by atoms with Gasteiger partial charge in [-0.15, -0.1) is 0 Å². The SMILES string of the molecule is c1ccc(-c2ccc(-c3ccc(C45CC6CC7C8CC(CC74)CC5C8C6)cc3)c(-c3cccc(-c4nc(-c5ccccc5)nc(-c5ccccc5)n4)c3)c2)cc1. The first-order chi connectivity index (χ1) is 27.7. The predicted molar refractivity (Wildman–Crippen MR) is 226 cm³/mol. The van der Waals surface area contributed by atoms with Crippen LogP contribution < -0.4 is 0 Å². The molecule has 0 radical (unpaired) electrons. The lowest BCUT2D eigenvalue weighted by molar-refractivity contribution is -0.220. The molecule has 56 heavy (non-hydrogen) atoms. The minimum absolute atomic E-state index is 0.415. The molecule has 7 aliphatic rings. The van der Waals surface area contributed by atoms with Crippen LogP contribution in [-0.2, 0) is 5.41 Å². The fourth-order valence-electron chi connectivity index (χ4n) is 13.1. The van der Waals surface area contributed by atoms with Crippen LogP contribution in [0.5, 0.6) is 0 Å². The lowest BCUT2D eigenvalue weighted by atomic mass is 9.30. The quantitative estimate of drug-likeness (QED) is 0.164. The molecule has 0 aliphatic heterocycles. The van der Waals surface area contributed by atoms with Crippen molar-refractivity contribution in [1.29, 1.82) is 0 Å². The topological polar surface area (TPSA) is 38.7 Å². The largest absolute Gasteiger partial charge is 0.208 e. The average Bonchev–Trinajstić information content (AvgIpc) is 3.28. The normalized spacial score (nSPS) is 27.8. The Morgan fingerprint density at radius 1 is 0.357 bits per heavy atom. The van der Waals surface area contributed by atoms with Gasteiger partial charge in [-0.1, -0.05) is 146 Å². The molecule has 1 aromatic heterocycles. The monoisotopic (exact) mass is 723 g/mol. The second kappa shape index (κ2) is 12.7. The molecule has 1 heterocycles. The van der Waals surface area contributed by atoms with Gasteiger partial charge in [-0.25, -0.2) is 15.0 Å². The van der Waals surface area contributed by atoms with Gasteiger partial charge in [0.2, 0.25) is 0 Å². The van der Waals surface area contributed by atoms with Crippen molar-refractivity contribution >= 4 is 0 Å². The first kappa shape index (κ1) is 32.6. The van der Waals surface area contributed by atoms with Crippen LogP contribution in [0.1, 0.15) is 44.1 Å². The van der Waals surface area contributed by atoms with E-state index >= 15 is 0 Å². The van der Waals surface area contributed by atoms with Crippen molar-refractivity contribution in [3.05, 3.63) is 163 Å². The van der Waals surface area contributed by atoms with Crippen molar-refractivity contribution in [2.24, 2.45) is 41.4 Å². The molecule has 14 rings (SSSR count). The summed E-state index contributed by atoms with van der Waals surface area (Å²) in [6.07, 6.45) is 9.00. The van der Waals surface area contributed by atoms with Gasteiger partial charge < -0.3 is 0 Å². The third-order valence-corrected chi connectivity index (χ3v) is 15.1. The molecule has 3 nitrogen and oxygen atoms in total. The van der Waals surface area contributed by atoms with E-state index in [1.54, 1.807) is 12.0 Å². The van der Waals surface area contributed by atoms with Gasteiger partial charge in [-0.3, -0.25) is 0 Å². The van der Waals surface area contributed by atoms with E-state index in [2.05, 4.69) is 121 Å². The van der Waals surface area contributed by atoms with E-state index in [1.165, 1.54) is 59.9 Å². The van der Waals surface area contributed by atoms with Crippen LogP contribution in [0.2, 0.25) is 0 Å². The molecule has 8 bridgehead atoms. The van der Waals surface area contributed by atoms with Crippen molar-refractivity contribution in [2.45, 2.75) is 43.9 Å². The number of benzene rings is 6. The molecule has 272 valence electrons. The molecule has 6 aromatic carbocycles. The zero-order valence-electron chi connectivity index (χ0n) is 31.6.